The second-order valence-electron chi connectivity index (χ2n) is 11.5. The minimum absolute atomic E-state index is 0. The lowest BCUT2D eigenvalue weighted by molar-refractivity contribution is -0.116. The fourth-order valence-electron chi connectivity index (χ4n) is 5.53. The molecule has 4 rings (SSSR count). The Morgan fingerprint density at radius 3 is 2.32 bits per heavy atom. The van der Waals surface area contributed by atoms with E-state index in [1.807, 2.05) is 59.7 Å². The lowest BCUT2D eigenvalue weighted by atomic mass is 10.1. The third-order valence-electron chi connectivity index (χ3n) is 7.99. The Hall–Kier alpha value is -2.92. The van der Waals surface area contributed by atoms with Crippen LogP contribution in [-0.2, 0) is 17.8 Å². The van der Waals surface area contributed by atoms with Crippen LogP contribution < -0.4 is 26.6 Å². The van der Waals surface area contributed by atoms with Crippen LogP contribution >= 0.6 is 11.6 Å². The molecule has 0 bridgehead atoms. The number of halogens is 2. The van der Waals surface area contributed by atoms with Gasteiger partial charge in [-0.3, -0.25) is 4.79 Å². The monoisotopic (exact) mass is 679 g/mol. The van der Waals surface area contributed by atoms with E-state index in [0.717, 1.165) is 34.8 Å². The molecule has 5 nitrogen and oxygen atoms in total. The Bertz CT molecular complexity index is 1320. The van der Waals surface area contributed by atoms with Crippen molar-refractivity contribution in [1.29, 1.82) is 0 Å². The summed E-state index contributed by atoms with van der Waals surface area (Å²) in [5.41, 5.74) is 3.85. The van der Waals surface area contributed by atoms with Gasteiger partial charge in [0.1, 0.15) is 5.75 Å². The summed E-state index contributed by atoms with van der Waals surface area (Å²) in [6.45, 7) is 4.96. The van der Waals surface area contributed by atoms with E-state index in [2.05, 4.69) is 30.2 Å². The molecule has 2 aliphatic rings. The number of unbranched alkanes of at least 4 members (excludes halogenated alkanes) is 11. The predicted molar refractivity (Wildman–Crippen MR) is 179 cm³/mol. The molecule has 0 spiro atoms. The van der Waals surface area contributed by atoms with Gasteiger partial charge in [0.05, 0.1) is 30.7 Å². The first-order chi connectivity index (χ1) is 21.0. The number of anilines is 1. The van der Waals surface area contributed by atoms with Gasteiger partial charge in [-0.05, 0) is 54.0 Å². The second kappa shape index (κ2) is 19.5. The molecule has 44 heavy (non-hydrogen) atoms. The normalized spacial score (nSPS) is 13.1. The first-order valence-corrected chi connectivity index (χ1v) is 16.5. The van der Waals surface area contributed by atoms with Crippen molar-refractivity contribution in [2.75, 3.05) is 11.5 Å². The minimum Gasteiger partial charge on any atom is -1.00 e. The smallest absolute Gasteiger partial charge is 0.247 e. The number of nitrogens with zero attached hydrogens (tertiary/aromatic N) is 3. The first-order valence-electron chi connectivity index (χ1n) is 16.2. The number of rotatable bonds is 19. The van der Waals surface area contributed by atoms with Crippen LogP contribution in [0.25, 0.3) is 0 Å². The fourth-order valence-corrected chi connectivity index (χ4v) is 5.70. The van der Waals surface area contributed by atoms with Gasteiger partial charge >= 0.3 is 0 Å². The van der Waals surface area contributed by atoms with Crippen LogP contribution in [0.3, 0.4) is 0 Å². The number of carbonyl (C=O) groups is 1. The molecule has 236 valence electrons. The highest BCUT2D eigenvalue weighted by atomic mass is 79.9. The lowest BCUT2D eigenvalue weighted by Gasteiger charge is -2.22. The number of amidine groups is 1. The summed E-state index contributed by atoms with van der Waals surface area (Å²) in [6.07, 6.45) is 27.4. The maximum absolute atomic E-state index is 12.8. The van der Waals surface area contributed by atoms with Crippen molar-refractivity contribution < 1.29 is 26.5 Å². The molecular formula is C37H47BrClN3O2. The highest BCUT2D eigenvalue weighted by Crippen LogP contribution is 2.29. The standard InChI is InChI=1S/C37H47ClN3O2.BrH/c1-3-4-5-6-7-8-9-10-11-12-13-16-24-43-36-26-32(21-22-35(36)38)29-41(30(2)42)33-20-17-18-31(25-33)27-37-39-28-34-19-14-15-23-40(34)37;/h14-15,17-23,25-26H,3-13,16,24,27,29H2,1-2H3;1H/q+1;/p-1. The Labute approximate surface area is 280 Å². The summed E-state index contributed by atoms with van der Waals surface area (Å²) in [6, 6.07) is 13.9. The summed E-state index contributed by atoms with van der Waals surface area (Å²) < 4.78 is 6.08. The van der Waals surface area contributed by atoms with Crippen LogP contribution in [0.15, 0.2) is 77.6 Å². The fraction of sp³-hybridized carbons (Fsp3) is 0.459. The van der Waals surface area contributed by atoms with Gasteiger partial charge in [0.2, 0.25) is 17.4 Å². The van der Waals surface area contributed by atoms with Crippen LogP contribution in [0.1, 0.15) is 102 Å². The molecule has 2 heterocycles. The molecule has 0 aliphatic carbocycles. The van der Waals surface area contributed by atoms with E-state index < -0.39 is 0 Å². The van der Waals surface area contributed by atoms with Gasteiger partial charge in [0.15, 0.2) is 6.20 Å². The molecule has 7 heteroatoms. The minimum atomic E-state index is -0.0225. The van der Waals surface area contributed by atoms with Gasteiger partial charge in [-0.25, -0.2) is 4.90 Å². The Balaban J connectivity index is 0.00000529. The Morgan fingerprint density at radius 2 is 1.61 bits per heavy atom. The maximum Gasteiger partial charge on any atom is 0.247 e. The number of hydrogen-bond acceptors (Lipinski definition) is 4. The average molecular weight is 681 g/mol. The SMILES string of the molecule is CCCCCCCCCCCCCCOc1cc(CN(C(C)=O)c2cccc(CC3=N[C+]=C4C=CC=CN43)c2)ccc1Cl.[Br-]. The van der Waals surface area contributed by atoms with Gasteiger partial charge in [-0.2, -0.15) is 0 Å². The summed E-state index contributed by atoms with van der Waals surface area (Å²) in [5.74, 6) is 1.57. The van der Waals surface area contributed by atoms with Gasteiger partial charge in [0.25, 0.3) is 0 Å². The van der Waals surface area contributed by atoms with E-state index in [9.17, 15) is 4.79 Å². The van der Waals surface area contributed by atoms with Crippen molar-refractivity contribution in [3.8, 4) is 5.75 Å². The molecule has 0 saturated heterocycles. The number of hydrogen-bond donors (Lipinski definition) is 0. The quantitative estimate of drug-likeness (QED) is 0.119. The molecule has 0 saturated carbocycles. The Kier molecular flexibility index (Phi) is 15.7. The summed E-state index contributed by atoms with van der Waals surface area (Å²) >= 11 is 6.48. The van der Waals surface area contributed by atoms with Gasteiger partial charge in [-0.1, -0.05) is 112 Å². The van der Waals surface area contributed by atoms with Crippen LogP contribution in [0.5, 0.6) is 5.75 Å². The van der Waals surface area contributed by atoms with Crippen LogP contribution in [-0.4, -0.2) is 23.2 Å². The van der Waals surface area contributed by atoms with Crippen molar-refractivity contribution in [3.05, 3.63) is 94.9 Å². The number of benzene rings is 2. The number of amides is 1. The van der Waals surface area contributed by atoms with Crippen LogP contribution in [0, 0.1) is 6.20 Å². The number of ether oxygens (including phenoxy) is 1. The highest BCUT2D eigenvalue weighted by molar-refractivity contribution is 6.32. The van der Waals surface area contributed by atoms with E-state index in [1.54, 1.807) is 11.8 Å². The molecule has 0 unspecified atom stereocenters. The van der Waals surface area contributed by atoms with E-state index >= 15 is 0 Å². The van der Waals surface area contributed by atoms with Crippen molar-refractivity contribution in [1.82, 2.24) is 4.90 Å². The number of carbonyl (C=O) groups excluding carboxylic acids is 1. The van der Waals surface area contributed by atoms with Gasteiger partial charge < -0.3 is 26.6 Å². The van der Waals surface area contributed by atoms with Crippen molar-refractivity contribution in [2.24, 2.45) is 4.99 Å². The molecule has 0 N–H and O–H groups in total. The van der Waals surface area contributed by atoms with Crippen LogP contribution in [0.4, 0.5) is 5.69 Å². The molecule has 0 radical (unpaired) electrons. The maximum atomic E-state index is 12.8. The highest BCUT2D eigenvalue weighted by Gasteiger charge is 2.28. The zero-order valence-corrected chi connectivity index (χ0v) is 28.7. The van der Waals surface area contributed by atoms with Gasteiger partial charge in [-0.15, -0.1) is 0 Å². The number of allylic oxidation sites excluding steroid dienone is 3. The molecule has 2 aliphatic heterocycles. The second-order valence-corrected chi connectivity index (χ2v) is 12.0. The predicted octanol–water partition coefficient (Wildman–Crippen LogP) is 6.96. The molecule has 1 amide bonds. The molecular weight excluding hydrogens is 634 g/mol. The topological polar surface area (TPSA) is 45.1 Å². The van der Waals surface area contributed by atoms with Crippen molar-refractivity contribution >= 4 is 29.0 Å². The third-order valence-corrected chi connectivity index (χ3v) is 8.31. The van der Waals surface area contributed by atoms with Crippen LogP contribution in [0.2, 0.25) is 5.02 Å². The Morgan fingerprint density at radius 1 is 0.909 bits per heavy atom. The molecule has 0 atom stereocenters. The summed E-state index contributed by atoms with van der Waals surface area (Å²) in [7, 11) is 0. The van der Waals surface area contributed by atoms with E-state index in [0.29, 0.717) is 30.3 Å². The van der Waals surface area contributed by atoms with Crippen molar-refractivity contribution in [3.63, 3.8) is 0 Å². The first kappa shape index (κ1) is 35.6. The van der Waals surface area contributed by atoms with Crippen molar-refractivity contribution in [2.45, 2.75) is 104 Å². The summed E-state index contributed by atoms with van der Waals surface area (Å²) in [5, 5.41) is 0.600. The number of aliphatic imine (C=N–C) groups is 1. The van der Waals surface area contributed by atoms with E-state index in [1.165, 1.54) is 70.6 Å². The molecule has 2 aromatic rings. The lowest BCUT2D eigenvalue weighted by Crippen LogP contribution is -3.00. The average Bonchev–Trinajstić information content (AvgIpc) is 3.42. The zero-order valence-electron chi connectivity index (χ0n) is 26.4. The molecule has 0 aromatic heterocycles. The van der Waals surface area contributed by atoms with E-state index in [-0.39, 0.29) is 22.9 Å². The number of fused-ring (bicyclic) bond motifs is 1. The van der Waals surface area contributed by atoms with E-state index in [4.69, 9.17) is 16.3 Å². The van der Waals surface area contributed by atoms with Gasteiger partial charge in [0, 0.05) is 18.8 Å². The summed E-state index contributed by atoms with van der Waals surface area (Å²) in [4.78, 5) is 21.1. The largest absolute Gasteiger partial charge is 1.00 e. The third kappa shape index (κ3) is 11.2. The zero-order chi connectivity index (χ0) is 30.3. The molecule has 0 fully saturated rings. The molecule has 2 aromatic carbocycles.